The number of morpholine rings is 1. The molecule has 4 atom stereocenters. The van der Waals surface area contributed by atoms with Gasteiger partial charge in [-0.05, 0) is 33.7 Å². The minimum atomic E-state index is 0.373. The van der Waals surface area contributed by atoms with Crippen molar-refractivity contribution in [1.29, 1.82) is 0 Å². The van der Waals surface area contributed by atoms with E-state index in [1.807, 2.05) is 0 Å². The van der Waals surface area contributed by atoms with E-state index in [1.165, 1.54) is 6.42 Å². The van der Waals surface area contributed by atoms with Crippen LogP contribution in [0.4, 0.5) is 0 Å². The first kappa shape index (κ1) is 13.9. The van der Waals surface area contributed by atoms with Gasteiger partial charge in [-0.3, -0.25) is 4.90 Å². The van der Waals surface area contributed by atoms with E-state index in [9.17, 15) is 0 Å². The van der Waals surface area contributed by atoms with Gasteiger partial charge in [-0.25, -0.2) is 0 Å². The topological polar surface area (TPSA) is 24.5 Å². The fourth-order valence-corrected chi connectivity index (χ4v) is 2.65. The summed E-state index contributed by atoms with van der Waals surface area (Å²) in [7, 11) is 0. The van der Waals surface area contributed by atoms with Gasteiger partial charge in [0, 0.05) is 24.7 Å². The van der Waals surface area contributed by atoms with Gasteiger partial charge in [-0.1, -0.05) is 13.8 Å². The molecule has 3 heteroatoms. The summed E-state index contributed by atoms with van der Waals surface area (Å²) in [5, 5.41) is 3.58. The van der Waals surface area contributed by atoms with Crippen LogP contribution in [-0.4, -0.2) is 48.8 Å². The van der Waals surface area contributed by atoms with Crippen LogP contribution in [0.15, 0.2) is 0 Å². The molecular formula is C13H28N2O. The van der Waals surface area contributed by atoms with Gasteiger partial charge in [-0.15, -0.1) is 0 Å². The number of rotatable bonds is 5. The largest absolute Gasteiger partial charge is 0.376 e. The van der Waals surface area contributed by atoms with Crippen LogP contribution in [0.25, 0.3) is 0 Å². The summed E-state index contributed by atoms with van der Waals surface area (Å²) in [6, 6.07) is 1.72. The summed E-state index contributed by atoms with van der Waals surface area (Å²) in [4.78, 5) is 2.59. The second-order valence-corrected chi connectivity index (χ2v) is 5.00. The van der Waals surface area contributed by atoms with Crippen molar-refractivity contribution in [3.63, 3.8) is 0 Å². The lowest BCUT2D eigenvalue weighted by molar-refractivity contribution is -0.0684. The monoisotopic (exact) mass is 228 g/mol. The van der Waals surface area contributed by atoms with Crippen molar-refractivity contribution in [2.45, 2.75) is 65.3 Å². The van der Waals surface area contributed by atoms with E-state index < -0.39 is 0 Å². The number of hydrogen-bond donors (Lipinski definition) is 1. The molecule has 1 heterocycles. The number of nitrogens with zero attached hydrogens (tertiary/aromatic N) is 1. The summed E-state index contributed by atoms with van der Waals surface area (Å²) in [6.07, 6.45) is 1.56. The van der Waals surface area contributed by atoms with Crippen LogP contribution in [0, 0.1) is 0 Å². The molecule has 0 bridgehead atoms. The molecule has 0 aliphatic carbocycles. The first-order valence-corrected chi connectivity index (χ1v) is 6.70. The van der Waals surface area contributed by atoms with Crippen LogP contribution in [0.3, 0.4) is 0 Å². The number of likely N-dealkylation sites (N-methyl/N-ethyl adjacent to an activating group) is 1. The molecule has 0 spiro atoms. The summed E-state index contributed by atoms with van der Waals surface area (Å²) < 4.78 is 5.68. The molecular weight excluding hydrogens is 200 g/mol. The SMILES string of the molecule is CCNC(CC)C(C)N1CC(C)OCC1C. The highest BCUT2D eigenvalue weighted by Gasteiger charge is 2.30. The molecule has 96 valence electrons. The summed E-state index contributed by atoms with van der Waals surface area (Å²) >= 11 is 0. The minimum Gasteiger partial charge on any atom is -0.376 e. The Balaban J connectivity index is 2.58. The average molecular weight is 228 g/mol. The van der Waals surface area contributed by atoms with Crippen LogP contribution in [-0.2, 0) is 4.74 Å². The molecule has 1 aliphatic rings. The first-order valence-electron chi connectivity index (χ1n) is 6.70. The average Bonchev–Trinajstić information content (AvgIpc) is 2.28. The Morgan fingerprint density at radius 2 is 2.06 bits per heavy atom. The van der Waals surface area contributed by atoms with E-state index in [-0.39, 0.29) is 0 Å². The Morgan fingerprint density at radius 3 is 2.62 bits per heavy atom. The highest BCUT2D eigenvalue weighted by atomic mass is 16.5. The van der Waals surface area contributed by atoms with Crippen molar-refractivity contribution in [1.82, 2.24) is 10.2 Å². The van der Waals surface area contributed by atoms with Gasteiger partial charge in [0.2, 0.25) is 0 Å². The molecule has 16 heavy (non-hydrogen) atoms. The lowest BCUT2D eigenvalue weighted by atomic mass is 10.0. The molecule has 1 N–H and O–H groups in total. The van der Waals surface area contributed by atoms with Gasteiger partial charge < -0.3 is 10.1 Å². The summed E-state index contributed by atoms with van der Waals surface area (Å²) in [5.41, 5.74) is 0. The minimum absolute atomic E-state index is 0.373. The van der Waals surface area contributed by atoms with Gasteiger partial charge in [0.1, 0.15) is 0 Å². The molecule has 1 saturated heterocycles. The lowest BCUT2D eigenvalue weighted by Crippen LogP contribution is -2.57. The Kier molecular flexibility index (Phi) is 5.73. The molecule has 0 aromatic carbocycles. The van der Waals surface area contributed by atoms with Crippen LogP contribution in [0.2, 0.25) is 0 Å². The maximum Gasteiger partial charge on any atom is 0.0674 e. The molecule has 4 unspecified atom stereocenters. The predicted molar refractivity (Wildman–Crippen MR) is 68.8 cm³/mol. The molecule has 0 aromatic heterocycles. The van der Waals surface area contributed by atoms with E-state index in [2.05, 4.69) is 44.8 Å². The van der Waals surface area contributed by atoms with Crippen molar-refractivity contribution in [3.05, 3.63) is 0 Å². The maximum atomic E-state index is 5.68. The Bertz CT molecular complexity index is 198. The molecule has 0 aromatic rings. The van der Waals surface area contributed by atoms with E-state index in [0.717, 1.165) is 19.7 Å². The summed E-state index contributed by atoms with van der Waals surface area (Å²) in [6.45, 7) is 14.2. The second-order valence-electron chi connectivity index (χ2n) is 5.00. The van der Waals surface area contributed by atoms with Crippen molar-refractivity contribution < 1.29 is 4.74 Å². The van der Waals surface area contributed by atoms with E-state index in [1.54, 1.807) is 0 Å². The third-order valence-electron chi connectivity index (χ3n) is 3.67. The third kappa shape index (κ3) is 3.44. The zero-order valence-electron chi connectivity index (χ0n) is 11.5. The molecule has 1 rings (SSSR count). The first-order chi connectivity index (χ1) is 7.60. The Labute approximate surface area is 101 Å². The Morgan fingerprint density at radius 1 is 1.38 bits per heavy atom. The molecule has 1 aliphatic heterocycles. The second kappa shape index (κ2) is 6.58. The molecule has 0 radical (unpaired) electrons. The lowest BCUT2D eigenvalue weighted by Gasteiger charge is -2.43. The van der Waals surface area contributed by atoms with E-state index in [4.69, 9.17) is 4.74 Å². The fourth-order valence-electron chi connectivity index (χ4n) is 2.65. The fraction of sp³-hybridized carbons (Fsp3) is 1.00. The van der Waals surface area contributed by atoms with Gasteiger partial charge in [0.15, 0.2) is 0 Å². The van der Waals surface area contributed by atoms with Crippen LogP contribution < -0.4 is 5.32 Å². The third-order valence-corrected chi connectivity index (χ3v) is 3.67. The van der Waals surface area contributed by atoms with Crippen LogP contribution in [0.5, 0.6) is 0 Å². The van der Waals surface area contributed by atoms with Crippen molar-refractivity contribution in [3.8, 4) is 0 Å². The molecule has 0 saturated carbocycles. The standard InChI is InChI=1S/C13H28N2O/c1-6-13(14-7-2)12(5)15-8-11(4)16-9-10(15)3/h10-14H,6-9H2,1-5H3. The van der Waals surface area contributed by atoms with Crippen molar-refractivity contribution >= 4 is 0 Å². The Hall–Kier alpha value is -0.120. The van der Waals surface area contributed by atoms with Crippen molar-refractivity contribution in [2.75, 3.05) is 19.7 Å². The highest BCUT2D eigenvalue weighted by molar-refractivity contribution is 4.86. The highest BCUT2D eigenvalue weighted by Crippen LogP contribution is 2.17. The number of nitrogens with one attached hydrogen (secondary N) is 1. The van der Waals surface area contributed by atoms with E-state index in [0.29, 0.717) is 24.2 Å². The number of ether oxygens (including phenoxy) is 1. The summed E-state index contributed by atoms with van der Waals surface area (Å²) in [5.74, 6) is 0. The van der Waals surface area contributed by atoms with E-state index >= 15 is 0 Å². The molecule has 1 fully saturated rings. The smallest absolute Gasteiger partial charge is 0.0674 e. The molecule has 3 nitrogen and oxygen atoms in total. The number of hydrogen-bond acceptors (Lipinski definition) is 3. The zero-order valence-corrected chi connectivity index (χ0v) is 11.5. The van der Waals surface area contributed by atoms with Gasteiger partial charge in [0.25, 0.3) is 0 Å². The van der Waals surface area contributed by atoms with Gasteiger partial charge in [-0.2, -0.15) is 0 Å². The quantitative estimate of drug-likeness (QED) is 0.777. The zero-order chi connectivity index (χ0) is 12.1. The normalized spacial score (nSPS) is 31.3. The van der Waals surface area contributed by atoms with Crippen LogP contribution >= 0.6 is 0 Å². The van der Waals surface area contributed by atoms with Gasteiger partial charge >= 0.3 is 0 Å². The maximum absolute atomic E-state index is 5.68. The predicted octanol–water partition coefficient (Wildman–Crippen LogP) is 1.87. The van der Waals surface area contributed by atoms with Crippen LogP contribution in [0.1, 0.15) is 41.0 Å². The van der Waals surface area contributed by atoms with Crippen molar-refractivity contribution in [2.24, 2.45) is 0 Å². The molecule has 0 amide bonds. The van der Waals surface area contributed by atoms with Gasteiger partial charge in [0.05, 0.1) is 12.7 Å².